The van der Waals surface area contributed by atoms with Crippen LogP contribution in [-0.4, -0.2) is 15.8 Å². The molecule has 0 aliphatic rings. The van der Waals surface area contributed by atoms with E-state index in [0.717, 1.165) is 11.8 Å². The number of fused-ring (bicyclic) bond motifs is 1. The molecule has 0 radical (unpaired) electrons. The minimum absolute atomic E-state index is 0.138. The molecule has 1 atom stereocenters. The number of carbonyl (C=O) groups excluding carboxylic acids is 1. The average molecular weight is 311 g/mol. The highest BCUT2D eigenvalue weighted by Crippen LogP contribution is 2.27. The monoisotopic (exact) mass is 311 g/mol. The van der Waals surface area contributed by atoms with E-state index in [1.807, 2.05) is 42.8 Å². The summed E-state index contributed by atoms with van der Waals surface area (Å²) >= 11 is 0. The zero-order valence-corrected chi connectivity index (χ0v) is 13.6. The molecule has 0 amide bonds. The van der Waals surface area contributed by atoms with Crippen LogP contribution in [0.1, 0.15) is 21.7 Å². The first kappa shape index (κ1) is 14.6. The normalized spacial score (nSPS) is 11.7. The summed E-state index contributed by atoms with van der Waals surface area (Å²) in [5, 5.41) is 0.570. The van der Waals surface area contributed by atoms with Crippen molar-refractivity contribution in [2.75, 3.05) is 0 Å². The molecule has 4 nitrogen and oxygen atoms in total. The van der Waals surface area contributed by atoms with Crippen molar-refractivity contribution in [3.63, 3.8) is 0 Å². The van der Waals surface area contributed by atoms with E-state index in [9.17, 15) is 9.59 Å². The van der Waals surface area contributed by atoms with Gasteiger partial charge in [-0.3, -0.25) is 14.2 Å². The Kier molecular flexibility index (Phi) is 3.63. The summed E-state index contributed by atoms with van der Waals surface area (Å²) in [5.74, 6) is 4.53. The largest absolute Gasteiger partial charge is 0.298 e. The smallest absolute Gasteiger partial charge is 0.265 e. The summed E-state index contributed by atoms with van der Waals surface area (Å²) < 4.78 is 1.53. The molecule has 0 N–H and O–H groups in total. The zero-order valence-electron chi connectivity index (χ0n) is 12.7. The summed E-state index contributed by atoms with van der Waals surface area (Å²) in [6.07, 6.45) is 0.810. The van der Waals surface area contributed by atoms with Crippen LogP contribution in [0.25, 0.3) is 16.6 Å². The van der Waals surface area contributed by atoms with Gasteiger partial charge in [-0.2, -0.15) is 0 Å². The van der Waals surface area contributed by atoms with Crippen LogP contribution >= 0.6 is 7.53 Å². The molecule has 3 rings (SSSR count). The fourth-order valence-corrected chi connectivity index (χ4v) is 3.70. The number of hydrogen-bond donors (Lipinski definition) is 0. The van der Waals surface area contributed by atoms with E-state index in [1.54, 1.807) is 6.92 Å². The van der Waals surface area contributed by atoms with Crippen molar-refractivity contribution in [3.8, 4) is 5.69 Å². The highest BCUT2D eigenvalue weighted by atomic mass is 31.1. The van der Waals surface area contributed by atoms with Crippen molar-refractivity contribution >= 4 is 24.7 Å². The Morgan fingerprint density at radius 3 is 2.73 bits per heavy atom. The number of aromatic nitrogens is 2. The van der Waals surface area contributed by atoms with Crippen molar-refractivity contribution in [3.05, 3.63) is 63.2 Å². The molecular weight excluding hydrogens is 295 g/mol. The Balaban J connectivity index is 2.41. The third kappa shape index (κ3) is 2.36. The molecular formula is C17H16N2O2P+. The van der Waals surface area contributed by atoms with Gasteiger partial charge in [0.05, 0.1) is 22.2 Å². The first-order valence-electron chi connectivity index (χ1n) is 6.96. The lowest BCUT2D eigenvalue weighted by Gasteiger charge is -2.12. The van der Waals surface area contributed by atoms with Crippen LogP contribution < -0.4 is 5.56 Å². The predicted octanol–water partition coefficient (Wildman–Crippen LogP) is 3.62. The lowest BCUT2D eigenvalue weighted by molar-refractivity contribution is 0.112. The Bertz CT molecular complexity index is 961. The second kappa shape index (κ2) is 5.47. The molecule has 0 bridgehead atoms. The van der Waals surface area contributed by atoms with E-state index in [4.69, 9.17) is 0 Å². The Labute approximate surface area is 129 Å². The van der Waals surface area contributed by atoms with Crippen molar-refractivity contribution in [2.24, 2.45) is 6.66 Å². The molecule has 0 fully saturated rings. The van der Waals surface area contributed by atoms with E-state index >= 15 is 0 Å². The van der Waals surface area contributed by atoms with Crippen molar-refractivity contribution in [2.45, 2.75) is 13.8 Å². The fourth-order valence-electron chi connectivity index (χ4n) is 2.60. The molecule has 0 aliphatic carbocycles. The number of rotatable bonds is 2. The SMILES string of the molecule is Cc1ccc2nc(C)n(-c3cc[p+](C)cc3C=O)c(=O)c2c1. The molecule has 0 spiro atoms. The molecule has 1 unspecified atom stereocenters. The predicted molar refractivity (Wildman–Crippen MR) is 90.3 cm³/mol. The van der Waals surface area contributed by atoms with Crippen molar-refractivity contribution in [1.29, 1.82) is 0 Å². The maximum absolute atomic E-state index is 12.9. The maximum Gasteiger partial charge on any atom is 0.265 e. The van der Waals surface area contributed by atoms with Gasteiger partial charge in [-0.15, -0.1) is 0 Å². The van der Waals surface area contributed by atoms with E-state index in [2.05, 4.69) is 11.6 Å². The van der Waals surface area contributed by atoms with Crippen LogP contribution in [0.4, 0.5) is 0 Å². The number of hydrogen-bond acceptors (Lipinski definition) is 3. The van der Waals surface area contributed by atoms with Gasteiger partial charge in [0.25, 0.3) is 5.56 Å². The molecule has 110 valence electrons. The quantitative estimate of drug-likeness (QED) is 0.679. The lowest BCUT2D eigenvalue weighted by Crippen LogP contribution is -2.23. The maximum atomic E-state index is 12.9. The zero-order chi connectivity index (χ0) is 15.9. The van der Waals surface area contributed by atoms with Crippen LogP contribution in [-0.2, 0) is 6.66 Å². The summed E-state index contributed by atoms with van der Waals surface area (Å²) in [4.78, 5) is 28.8. The number of benzene rings is 1. The van der Waals surface area contributed by atoms with Crippen molar-refractivity contribution in [1.82, 2.24) is 9.55 Å². The van der Waals surface area contributed by atoms with Gasteiger partial charge in [-0.25, -0.2) is 4.98 Å². The van der Waals surface area contributed by atoms with Crippen LogP contribution in [0.15, 0.2) is 40.7 Å². The lowest BCUT2D eigenvalue weighted by atomic mass is 10.1. The molecule has 3 aromatic rings. The summed E-state index contributed by atoms with van der Waals surface area (Å²) in [5.41, 5.74) is 2.71. The van der Waals surface area contributed by atoms with Gasteiger partial charge < -0.3 is 0 Å². The fraction of sp³-hybridized carbons (Fsp3) is 0.176. The number of aldehydes is 1. The van der Waals surface area contributed by atoms with E-state index in [-0.39, 0.29) is 5.56 Å². The third-order valence-corrected chi connectivity index (χ3v) is 4.97. The molecule has 0 saturated heterocycles. The summed E-state index contributed by atoms with van der Waals surface area (Å²) in [6.45, 7) is 5.79. The van der Waals surface area contributed by atoms with Gasteiger partial charge in [0, 0.05) is 6.07 Å². The molecule has 22 heavy (non-hydrogen) atoms. The van der Waals surface area contributed by atoms with Gasteiger partial charge in [-0.1, -0.05) is 11.6 Å². The first-order chi connectivity index (χ1) is 10.5. The van der Waals surface area contributed by atoms with Crippen molar-refractivity contribution < 1.29 is 4.79 Å². The van der Waals surface area contributed by atoms with Crippen LogP contribution in [0.3, 0.4) is 0 Å². The minimum atomic E-state index is -0.443. The van der Waals surface area contributed by atoms with E-state index in [1.165, 1.54) is 4.57 Å². The molecule has 2 aromatic heterocycles. The van der Waals surface area contributed by atoms with E-state index in [0.29, 0.717) is 28.0 Å². The summed E-state index contributed by atoms with van der Waals surface area (Å²) in [7, 11) is -0.443. The van der Waals surface area contributed by atoms with Gasteiger partial charge >= 0.3 is 0 Å². The third-order valence-electron chi connectivity index (χ3n) is 3.67. The second-order valence-electron chi connectivity index (χ2n) is 5.39. The van der Waals surface area contributed by atoms with Gasteiger partial charge in [0.2, 0.25) is 0 Å². The van der Waals surface area contributed by atoms with Crippen LogP contribution in [0.2, 0.25) is 0 Å². The molecule has 0 aliphatic heterocycles. The van der Waals surface area contributed by atoms with Gasteiger partial charge in [-0.05, 0) is 26.0 Å². The number of carbonyl (C=O) groups is 1. The van der Waals surface area contributed by atoms with Gasteiger partial charge in [0.15, 0.2) is 6.29 Å². The molecule has 1 aromatic carbocycles. The Hall–Kier alpha value is -2.32. The topological polar surface area (TPSA) is 52.0 Å². The van der Waals surface area contributed by atoms with Gasteiger partial charge in [0.1, 0.15) is 31.6 Å². The van der Waals surface area contributed by atoms with Crippen LogP contribution in [0, 0.1) is 13.8 Å². The highest BCUT2D eigenvalue weighted by Gasteiger charge is 2.15. The molecule has 0 saturated carbocycles. The average Bonchev–Trinajstić information content (AvgIpc) is 2.49. The van der Waals surface area contributed by atoms with Crippen LogP contribution in [0.5, 0.6) is 0 Å². The molecule has 5 heteroatoms. The molecule has 2 heterocycles. The minimum Gasteiger partial charge on any atom is -0.298 e. The Morgan fingerprint density at radius 1 is 1.23 bits per heavy atom. The number of aryl methyl sites for hydroxylation is 3. The van der Waals surface area contributed by atoms with E-state index < -0.39 is 7.53 Å². The first-order valence-corrected chi connectivity index (χ1v) is 8.89. The number of nitrogens with zero attached hydrogens (tertiary/aromatic N) is 2. The second-order valence-corrected chi connectivity index (χ2v) is 7.28. The summed E-state index contributed by atoms with van der Waals surface area (Å²) in [6, 6.07) is 7.48. The highest BCUT2D eigenvalue weighted by molar-refractivity contribution is 7.46. The standard InChI is InChI=1S/C17H16N2O2P/c1-11-4-5-15-14(8-11)17(21)19(12(2)18-15)16-6-7-22(3)10-13(16)9-20/h4-10H,1-3H3/q+1. The Morgan fingerprint density at radius 2 is 2.00 bits per heavy atom.